The lowest BCUT2D eigenvalue weighted by atomic mass is 9.76. The lowest BCUT2D eigenvalue weighted by Gasteiger charge is -2.41. The Labute approximate surface area is 164 Å². The van der Waals surface area contributed by atoms with E-state index in [9.17, 15) is 8.42 Å². The van der Waals surface area contributed by atoms with E-state index in [-0.39, 0.29) is 19.0 Å². The minimum Gasteiger partial charge on any atom is -0.454 e. The fraction of sp³-hybridized carbons (Fsp3) is 0.429. The van der Waals surface area contributed by atoms with E-state index in [2.05, 4.69) is 10.8 Å². The molecule has 28 heavy (non-hydrogen) atoms. The molecule has 0 saturated heterocycles. The van der Waals surface area contributed by atoms with Crippen LogP contribution in [0, 0.1) is 0 Å². The van der Waals surface area contributed by atoms with Crippen LogP contribution in [0.1, 0.15) is 54.4 Å². The Morgan fingerprint density at radius 1 is 1.00 bits per heavy atom. The van der Waals surface area contributed by atoms with E-state index in [0.29, 0.717) is 11.6 Å². The van der Waals surface area contributed by atoms with E-state index >= 15 is 0 Å². The average Bonchev–Trinajstić information content (AvgIpc) is 3.12. The zero-order valence-electron chi connectivity index (χ0n) is 15.7. The molecule has 0 radical (unpaired) electrons. The Morgan fingerprint density at radius 2 is 1.75 bits per heavy atom. The average molecular weight is 401 g/mol. The number of sulfonamides is 1. The molecular formula is C21H23NO5S. The Kier molecular flexibility index (Phi) is 4.25. The fourth-order valence-electron chi connectivity index (χ4n) is 4.62. The molecule has 3 unspecified atom stereocenters. The summed E-state index contributed by atoms with van der Waals surface area (Å²) >= 11 is 0. The largest absolute Gasteiger partial charge is 0.454 e. The van der Waals surface area contributed by atoms with Gasteiger partial charge in [0.25, 0.3) is 0 Å². The minimum atomic E-state index is -3.34. The maximum atomic E-state index is 11.6. The first-order chi connectivity index (χ1) is 13.5. The van der Waals surface area contributed by atoms with Gasteiger partial charge < -0.3 is 14.2 Å². The highest BCUT2D eigenvalue weighted by Crippen LogP contribution is 2.50. The second kappa shape index (κ2) is 6.67. The van der Waals surface area contributed by atoms with Gasteiger partial charge in [0.05, 0.1) is 12.4 Å². The monoisotopic (exact) mass is 401 g/mol. The molecule has 3 aliphatic rings. The smallest absolute Gasteiger partial charge is 0.231 e. The van der Waals surface area contributed by atoms with Crippen molar-refractivity contribution in [3.63, 3.8) is 0 Å². The molecule has 2 heterocycles. The molecule has 1 saturated carbocycles. The number of nitrogens with one attached hydrogen (secondary N) is 1. The summed E-state index contributed by atoms with van der Waals surface area (Å²) < 4.78 is 43.6. The van der Waals surface area contributed by atoms with Gasteiger partial charge in [0.2, 0.25) is 16.8 Å². The van der Waals surface area contributed by atoms with Gasteiger partial charge in [-0.1, -0.05) is 25.0 Å². The zero-order valence-corrected chi connectivity index (χ0v) is 16.5. The van der Waals surface area contributed by atoms with Crippen molar-refractivity contribution >= 4 is 15.7 Å². The van der Waals surface area contributed by atoms with Gasteiger partial charge in [-0.15, -0.1) is 0 Å². The maximum absolute atomic E-state index is 11.6. The van der Waals surface area contributed by atoms with Crippen molar-refractivity contribution in [2.24, 2.45) is 0 Å². The van der Waals surface area contributed by atoms with Crippen LogP contribution in [0.25, 0.3) is 0 Å². The van der Waals surface area contributed by atoms with Crippen LogP contribution in [0.15, 0.2) is 36.4 Å². The maximum Gasteiger partial charge on any atom is 0.231 e. The van der Waals surface area contributed by atoms with Crippen molar-refractivity contribution in [3.05, 3.63) is 53.1 Å². The third-order valence-electron chi connectivity index (χ3n) is 5.77. The molecule has 1 aliphatic carbocycles. The van der Waals surface area contributed by atoms with Crippen molar-refractivity contribution < 1.29 is 22.6 Å². The summed E-state index contributed by atoms with van der Waals surface area (Å²) in [6.45, 7) is 0.242. The van der Waals surface area contributed by atoms with Gasteiger partial charge in [-0.05, 0) is 53.8 Å². The normalized spacial score (nSPS) is 25.7. The summed E-state index contributed by atoms with van der Waals surface area (Å²) in [5.74, 6) is 1.91. The molecule has 2 aliphatic heterocycles. The first-order valence-electron chi connectivity index (χ1n) is 9.64. The van der Waals surface area contributed by atoms with Crippen LogP contribution < -0.4 is 14.2 Å². The summed E-state index contributed by atoms with van der Waals surface area (Å²) in [5.41, 5.74) is 3.82. The molecule has 3 atom stereocenters. The lowest BCUT2D eigenvalue weighted by molar-refractivity contribution is -0.0389. The van der Waals surface area contributed by atoms with Crippen molar-refractivity contribution in [1.29, 1.82) is 0 Å². The highest BCUT2D eigenvalue weighted by atomic mass is 32.2. The van der Waals surface area contributed by atoms with Crippen LogP contribution in [0.2, 0.25) is 0 Å². The number of ether oxygens (including phenoxy) is 3. The molecule has 148 valence electrons. The molecule has 1 fully saturated rings. The Morgan fingerprint density at radius 3 is 2.54 bits per heavy atom. The third-order valence-corrected chi connectivity index (χ3v) is 6.37. The van der Waals surface area contributed by atoms with E-state index in [1.165, 1.54) is 18.4 Å². The van der Waals surface area contributed by atoms with E-state index in [1.54, 1.807) is 6.07 Å². The topological polar surface area (TPSA) is 73.9 Å². The molecule has 1 N–H and O–H groups in total. The number of fused-ring (bicyclic) bond motifs is 4. The van der Waals surface area contributed by atoms with Crippen LogP contribution in [0.3, 0.4) is 0 Å². The van der Waals surface area contributed by atoms with E-state index in [4.69, 9.17) is 14.2 Å². The van der Waals surface area contributed by atoms with Crippen LogP contribution in [0.5, 0.6) is 11.5 Å². The number of rotatable bonds is 3. The SMILES string of the molecule is CS(=O)(=O)Nc1cccc(C2OC3CCCCC3c3cc4c(cc32)OCO4)c1. The van der Waals surface area contributed by atoms with Crippen LogP contribution in [-0.2, 0) is 14.8 Å². The molecule has 0 bridgehead atoms. The minimum absolute atomic E-state index is 0.165. The van der Waals surface area contributed by atoms with Crippen LogP contribution in [0.4, 0.5) is 5.69 Å². The molecule has 7 heteroatoms. The summed E-state index contributed by atoms with van der Waals surface area (Å²) in [7, 11) is -3.34. The molecule has 0 spiro atoms. The molecule has 0 amide bonds. The third kappa shape index (κ3) is 3.22. The lowest BCUT2D eigenvalue weighted by Crippen LogP contribution is -2.33. The van der Waals surface area contributed by atoms with Gasteiger partial charge in [-0.2, -0.15) is 0 Å². The zero-order chi connectivity index (χ0) is 19.3. The fourth-order valence-corrected chi connectivity index (χ4v) is 5.18. The Bertz CT molecular complexity index is 1020. The number of hydrogen-bond acceptors (Lipinski definition) is 5. The van der Waals surface area contributed by atoms with Gasteiger partial charge in [0, 0.05) is 11.6 Å². The molecule has 5 rings (SSSR count). The number of benzene rings is 2. The van der Waals surface area contributed by atoms with Gasteiger partial charge in [0.15, 0.2) is 11.5 Å². The molecule has 2 aromatic carbocycles. The second-order valence-corrected chi connectivity index (χ2v) is 9.53. The van der Waals surface area contributed by atoms with Crippen molar-refractivity contribution in [3.8, 4) is 11.5 Å². The molecule has 0 aromatic heterocycles. The van der Waals surface area contributed by atoms with Gasteiger partial charge in [-0.3, -0.25) is 4.72 Å². The first-order valence-corrected chi connectivity index (χ1v) is 11.5. The predicted molar refractivity (Wildman–Crippen MR) is 105 cm³/mol. The van der Waals surface area contributed by atoms with E-state index < -0.39 is 10.0 Å². The standard InChI is InChI=1S/C21H23NO5S/c1-28(23,24)22-14-6-4-5-13(9-14)21-17-11-20-19(25-12-26-20)10-16(17)15-7-2-3-8-18(15)27-21/h4-6,9-11,15,18,21-22H,2-3,7-8,12H2,1H3. The highest BCUT2D eigenvalue weighted by Gasteiger charge is 2.39. The van der Waals surface area contributed by atoms with Gasteiger partial charge in [-0.25, -0.2) is 8.42 Å². The van der Waals surface area contributed by atoms with Crippen LogP contribution in [-0.4, -0.2) is 27.6 Å². The van der Waals surface area contributed by atoms with Crippen molar-refractivity contribution in [2.75, 3.05) is 17.8 Å². The van der Waals surface area contributed by atoms with E-state index in [0.717, 1.165) is 41.7 Å². The van der Waals surface area contributed by atoms with Gasteiger partial charge in [0.1, 0.15) is 6.10 Å². The Hall–Kier alpha value is -2.25. The van der Waals surface area contributed by atoms with E-state index in [1.807, 2.05) is 24.3 Å². The van der Waals surface area contributed by atoms with Gasteiger partial charge >= 0.3 is 0 Å². The molecular weight excluding hydrogens is 378 g/mol. The summed E-state index contributed by atoms with van der Waals surface area (Å²) in [6.07, 6.45) is 5.58. The molecule has 6 nitrogen and oxygen atoms in total. The quantitative estimate of drug-likeness (QED) is 0.843. The number of hydrogen-bond donors (Lipinski definition) is 1. The first kappa shape index (κ1) is 17.8. The molecule has 2 aromatic rings. The van der Waals surface area contributed by atoms with Crippen molar-refractivity contribution in [2.45, 2.75) is 43.8 Å². The highest BCUT2D eigenvalue weighted by molar-refractivity contribution is 7.92. The summed E-state index contributed by atoms with van der Waals surface area (Å²) in [5, 5.41) is 0. The predicted octanol–water partition coefficient (Wildman–Crippen LogP) is 3.93. The summed E-state index contributed by atoms with van der Waals surface area (Å²) in [4.78, 5) is 0. The number of anilines is 1. The second-order valence-electron chi connectivity index (χ2n) is 7.78. The van der Waals surface area contributed by atoms with Crippen LogP contribution >= 0.6 is 0 Å². The summed E-state index contributed by atoms with van der Waals surface area (Å²) in [6, 6.07) is 11.6. The Balaban J connectivity index is 1.59. The van der Waals surface area contributed by atoms with Crippen molar-refractivity contribution in [1.82, 2.24) is 0 Å².